The van der Waals surface area contributed by atoms with E-state index in [-0.39, 0.29) is 5.56 Å². The largest absolute Gasteiger partial charge is 0.309 e. The van der Waals surface area contributed by atoms with Gasteiger partial charge in [-0.25, -0.2) is 4.98 Å². The van der Waals surface area contributed by atoms with E-state index in [0.717, 1.165) is 41.1 Å². The Bertz CT molecular complexity index is 1300. The third-order valence-corrected chi connectivity index (χ3v) is 7.07. The van der Waals surface area contributed by atoms with Gasteiger partial charge < -0.3 is 8.97 Å². The van der Waals surface area contributed by atoms with Crippen molar-refractivity contribution in [2.75, 3.05) is 6.54 Å². The van der Waals surface area contributed by atoms with Crippen molar-refractivity contribution in [1.29, 1.82) is 0 Å². The number of fused-ring (bicyclic) bond motifs is 4. The second kappa shape index (κ2) is 6.77. The fourth-order valence-corrected chi connectivity index (χ4v) is 5.41. The molecular weight excluding hydrogens is 374 g/mol. The molecule has 6 heteroatoms. The first-order valence-corrected chi connectivity index (χ1v) is 10.8. The first-order valence-electron chi connectivity index (χ1n) is 10.8. The highest BCUT2D eigenvalue weighted by Crippen LogP contribution is 2.42. The molecule has 0 aromatic carbocycles. The van der Waals surface area contributed by atoms with E-state index >= 15 is 0 Å². The molecule has 6 nitrogen and oxygen atoms in total. The summed E-state index contributed by atoms with van der Waals surface area (Å²) in [6.07, 6.45) is 12.1. The van der Waals surface area contributed by atoms with Crippen LogP contribution in [0.1, 0.15) is 31.0 Å². The Morgan fingerprint density at radius 3 is 2.87 bits per heavy atom. The lowest BCUT2D eigenvalue weighted by Gasteiger charge is -2.29. The Labute approximate surface area is 174 Å². The summed E-state index contributed by atoms with van der Waals surface area (Å²) in [4.78, 5) is 24.2. The zero-order valence-electron chi connectivity index (χ0n) is 17.1. The molecule has 1 saturated heterocycles. The highest BCUT2D eigenvalue weighted by atomic mass is 16.1. The molecule has 152 valence electrons. The summed E-state index contributed by atoms with van der Waals surface area (Å²) in [5.41, 5.74) is 3.09. The van der Waals surface area contributed by atoms with Crippen molar-refractivity contribution in [2.24, 2.45) is 11.8 Å². The molecule has 2 fully saturated rings. The summed E-state index contributed by atoms with van der Waals surface area (Å²) in [5.74, 6) is 1.77. The number of hydrogen-bond donors (Lipinski definition) is 0. The molecule has 2 aliphatic rings. The summed E-state index contributed by atoms with van der Waals surface area (Å²) in [7, 11) is 0. The molecule has 3 unspecified atom stereocenters. The molecule has 4 aromatic heterocycles. The molecule has 3 atom stereocenters. The van der Waals surface area contributed by atoms with Gasteiger partial charge in [0.25, 0.3) is 5.56 Å². The van der Waals surface area contributed by atoms with Crippen LogP contribution < -0.4 is 5.56 Å². The summed E-state index contributed by atoms with van der Waals surface area (Å²) in [5, 5.41) is 1.55. The molecule has 1 aliphatic heterocycles. The second-order valence-electron chi connectivity index (χ2n) is 9.04. The monoisotopic (exact) mass is 399 g/mol. The minimum atomic E-state index is -0.0309. The van der Waals surface area contributed by atoms with Crippen LogP contribution in [-0.2, 0) is 13.1 Å². The van der Waals surface area contributed by atoms with E-state index in [0.29, 0.717) is 11.9 Å². The van der Waals surface area contributed by atoms with Crippen LogP contribution in [0.2, 0.25) is 0 Å². The Morgan fingerprint density at radius 2 is 2.03 bits per heavy atom. The molecule has 1 saturated carbocycles. The van der Waals surface area contributed by atoms with Gasteiger partial charge in [0.15, 0.2) is 0 Å². The van der Waals surface area contributed by atoms with Crippen LogP contribution >= 0.6 is 0 Å². The van der Waals surface area contributed by atoms with E-state index in [9.17, 15) is 4.79 Å². The van der Waals surface area contributed by atoms with Crippen molar-refractivity contribution in [2.45, 2.75) is 38.9 Å². The van der Waals surface area contributed by atoms with Crippen LogP contribution in [0.3, 0.4) is 0 Å². The van der Waals surface area contributed by atoms with Gasteiger partial charge in [-0.05, 0) is 53.8 Å². The predicted octanol–water partition coefficient (Wildman–Crippen LogP) is 3.32. The average Bonchev–Trinajstić information content (AvgIpc) is 3.43. The topological polar surface area (TPSA) is 55.4 Å². The second-order valence-corrected chi connectivity index (χ2v) is 9.04. The number of imidazole rings is 1. The smallest absolute Gasteiger partial charge is 0.260 e. The van der Waals surface area contributed by atoms with Gasteiger partial charge in [0.2, 0.25) is 0 Å². The summed E-state index contributed by atoms with van der Waals surface area (Å²) in [6, 6.07) is 8.85. The van der Waals surface area contributed by atoms with Gasteiger partial charge in [0, 0.05) is 50.1 Å². The normalized spacial score (nSPS) is 23.7. The molecule has 0 radical (unpaired) electrons. The molecule has 4 aromatic rings. The van der Waals surface area contributed by atoms with Crippen molar-refractivity contribution in [1.82, 2.24) is 23.8 Å². The van der Waals surface area contributed by atoms with Crippen molar-refractivity contribution in [3.63, 3.8) is 0 Å². The maximum atomic E-state index is 12.8. The number of nitrogens with zero attached hydrogens (tertiary/aromatic N) is 5. The molecule has 5 heterocycles. The molecule has 1 aliphatic carbocycles. The third kappa shape index (κ3) is 2.94. The summed E-state index contributed by atoms with van der Waals surface area (Å²) in [6.45, 7) is 5.10. The number of pyridine rings is 3. The SMILES string of the molecule is CC1CC2CC1CN2Cc1ccc2nc(Cn3ccc4ccncc4c3=O)cn2c1. The van der Waals surface area contributed by atoms with Crippen molar-refractivity contribution >= 4 is 16.4 Å². The average molecular weight is 399 g/mol. The van der Waals surface area contributed by atoms with Gasteiger partial charge in [0.05, 0.1) is 17.6 Å². The van der Waals surface area contributed by atoms with E-state index in [1.54, 1.807) is 17.0 Å². The lowest BCUT2D eigenvalue weighted by atomic mass is 9.97. The van der Waals surface area contributed by atoms with Crippen molar-refractivity contribution < 1.29 is 0 Å². The van der Waals surface area contributed by atoms with Crippen molar-refractivity contribution in [3.8, 4) is 0 Å². The Morgan fingerprint density at radius 1 is 1.10 bits per heavy atom. The zero-order chi connectivity index (χ0) is 20.2. The maximum absolute atomic E-state index is 12.8. The molecule has 30 heavy (non-hydrogen) atoms. The number of hydrogen-bond acceptors (Lipinski definition) is 4. The molecule has 2 bridgehead atoms. The number of piperidine rings is 1. The zero-order valence-corrected chi connectivity index (χ0v) is 17.1. The van der Waals surface area contributed by atoms with Crippen LogP contribution in [0, 0.1) is 11.8 Å². The first kappa shape index (κ1) is 17.8. The van der Waals surface area contributed by atoms with E-state index in [2.05, 4.69) is 39.5 Å². The van der Waals surface area contributed by atoms with E-state index in [1.807, 2.05) is 24.5 Å². The molecule has 6 rings (SSSR count). The van der Waals surface area contributed by atoms with Gasteiger partial charge in [-0.15, -0.1) is 0 Å². The number of likely N-dealkylation sites (tertiary alicyclic amines) is 1. The van der Waals surface area contributed by atoms with E-state index in [4.69, 9.17) is 4.98 Å². The number of rotatable bonds is 4. The minimum Gasteiger partial charge on any atom is -0.309 e. The van der Waals surface area contributed by atoms with Crippen LogP contribution in [0.5, 0.6) is 0 Å². The summed E-state index contributed by atoms with van der Waals surface area (Å²) < 4.78 is 3.80. The third-order valence-electron chi connectivity index (χ3n) is 7.07. The van der Waals surface area contributed by atoms with Gasteiger partial charge >= 0.3 is 0 Å². The van der Waals surface area contributed by atoms with Crippen LogP contribution in [-0.4, -0.2) is 36.4 Å². The predicted molar refractivity (Wildman–Crippen MR) is 116 cm³/mol. The fraction of sp³-hybridized carbons (Fsp3) is 0.375. The van der Waals surface area contributed by atoms with E-state index < -0.39 is 0 Å². The maximum Gasteiger partial charge on any atom is 0.260 e. The lowest BCUT2D eigenvalue weighted by molar-refractivity contribution is 0.174. The van der Waals surface area contributed by atoms with Gasteiger partial charge in [-0.1, -0.05) is 13.0 Å². The Kier molecular flexibility index (Phi) is 4.03. The van der Waals surface area contributed by atoms with Gasteiger partial charge in [-0.3, -0.25) is 14.7 Å². The molecular formula is C24H25N5O. The van der Waals surface area contributed by atoms with Gasteiger partial charge in [-0.2, -0.15) is 0 Å². The van der Waals surface area contributed by atoms with Crippen LogP contribution in [0.4, 0.5) is 0 Å². The molecule has 0 N–H and O–H groups in total. The van der Waals surface area contributed by atoms with Crippen LogP contribution in [0.25, 0.3) is 16.4 Å². The van der Waals surface area contributed by atoms with Crippen LogP contribution in [0.15, 0.2) is 60.0 Å². The van der Waals surface area contributed by atoms with Crippen molar-refractivity contribution in [3.05, 3.63) is 76.9 Å². The Hall–Kier alpha value is -2.99. The lowest BCUT2D eigenvalue weighted by Crippen LogP contribution is -2.34. The summed E-state index contributed by atoms with van der Waals surface area (Å²) >= 11 is 0. The molecule has 0 amide bonds. The minimum absolute atomic E-state index is 0.0309. The Balaban J connectivity index is 1.25. The standard InChI is InChI=1S/C24H25N5O/c1-16-8-21-9-19(16)13-28(21)11-17-2-3-23-26-20(15-29(23)12-17)14-27-7-5-18-4-6-25-10-22(18)24(27)30/h2-7,10,12,15-16,19,21H,8-9,11,13-14H2,1H3. The quantitative estimate of drug-likeness (QED) is 0.528. The fourth-order valence-electron chi connectivity index (χ4n) is 5.41. The molecule has 0 spiro atoms. The number of aromatic nitrogens is 4. The van der Waals surface area contributed by atoms with Gasteiger partial charge in [0.1, 0.15) is 5.65 Å². The highest BCUT2D eigenvalue weighted by molar-refractivity contribution is 5.80. The van der Waals surface area contributed by atoms with E-state index in [1.165, 1.54) is 24.9 Å². The first-order chi connectivity index (χ1) is 14.6. The highest BCUT2D eigenvalue weighted by Gasteiger charge is 2.42.